The number of aryl methyl sites for hydroxylation is 2. The Labute approximate surface area is 225 Å². The molecule has 1 N–H and O–H groups in total. The summed E-state index contributed by atoms with van der Waals surface area (Å²) < 4.78 is 12.8. The van der Waals surface area contributed by atoms with E-state index in [4.69, 9.17) is 9.15 Å². The fraction of sp³-hybridized carbons (Fsp3) is 0.467. The zero-order valence-electron chi connectivity index (χ0n) is 21.5. The molecule has 2 aliphatic rings. The molecule has 1 saturated heterocycles. The topological polar surface area (TPSA) is 80.0 Å². The van der Waals surface area contributed by atoms with E-state index in [1.54, 1.807) is 0 Å². The first-order chi connectivity index (χ1) is 17.7. The Hall–Kier alpha value is -2.64. The zero-order chi connectivity index (χ0) is 26.2. The van der Waals surface area contributed by atoms with Crippen LogP contribution in [0.4, 0.5) is 0 Å². The van der Waals surface area contributed by atoms with Gasteiger partial charge in [0, 0.05) is 46.4 Å². The molecule has 1 aliphatic carbocycles. The van der Waals surface area contributed by atoms with Crippen molar-refractivity contribution < 1.29 is 19.1 Å². The Morgan fingerprint density at radius 3 is 2.84 bits per heavy atom. The molecule has 2 atom stereocenters. The van der Waals surface area contributed by atoms with Crippen molar-refractivity contribution in [2.24, 2.45) is 5.92 Å². The molecular formula is C30H34BrNO5. The number of piperidine rings is 1. The highest BCUT2D eigenvalue weighted by Gasteiger charge is 2.43. The van der Waals surface area contributed by atoms with Crippen molar-refractivity contribution >= 4 is 32.8 Å². The number of hydrogen-bond acceptors (Lipinski definition) is 5. The summed E-state index contributed by atoms with van der Waals surface area (Å²) in [5.41, 5.74) is 2.73. The molecule has 196 valence electrons. The van der Waals surface area contributed by atoms with E-state index in [-0.39, 0.29) is 18.2 Å². The van der Waals surface area contributed by atoms with Gasteiger partial charge in [0.15, 0.2) is 0 Å². The first-order valence-corrected chi connectivity index (χ1v) is 14.0. The van der Waals surface area contributed by atoms with Crippen molar-refractivity contribution in [2.45, 2.75) is 71.0 Å². The van der Waals surface area contributed by atoms with E-state index in [1.807, 2.05) is 55.1 Å². The second-order valence-corrected chi connectivity index (χ2v) is 11.5. The van der Waals surface area contributed by atoms with Gasteiger partial charge in [-0.3, -0.25) is 4.79 Å². The number of amides is 1. The summed E-state index contributed by atoms with van der Waals surface area (Å²) in [6, 6.07) is 11.8. The minimum Gasteiger partial charge on any atom is -0.488 e. The normalized spacial score (nSPS) is 21.6. The number of carbonyl (C=O) groups is 1. The van der Waals surface area contributed by atoms with Crippen LogP contribution in [0.3, 0.4) is 0 Å². The first-order valence-electron chi connectivity index (χ1n) is 13.2. The van der Waals surface area contributed by atoms with Crippen LogP contribution >= 0.6 is 15.9 Å². The first kappa shape index (κ1) is 26.0. The number of carbonyl (C=O) groups excluding carboxylic acids is 1. The van der Waals surface area contributed by atoms with Gasteiger partial charge in [0.2, 0.25) is 5.91 Å². The minimum atomic E-state index is -0.608. The summed E-state index contributed by atoms with van der Waals surface area (Å²) in [7, 11) is 0. The average molecular weight is 569 g/mol. The lowest BCUT2D eigenvalue weighted by atomic mass is 9.71. The summed E-state index contributed by atoms with van der Waals surface area (Å²) in [5, 5.41) is 11.8. The SMILES string of the molecule is Cc1c(CCC(=O)N2CC[C@@]3(O)CCCC[C@@H]3C2)c(=O)oc2c(C)c(OCc3cccc(Br)c3)ccc12. The van der Waals surface area contributed by atoms with Crippen LogP contribution < -0.4 is 10.4 Å². The predicted molar refractivity (Wildman–Crippen MR) is 147 cm³/mol. The van der Waals surface area contributed by atoms with Crippen LogP contribution in [0.1, 0.15) is 60.8 Å². The Kier molecular flexibility index (Phi) is 7.46. The van der Waals surface area contributed by atoms with Crippen LogP contribution in [0.15, 0.2) is 50.1 Å². The van der Waals surface area contributed by atoms with E-state index in [0.29, 0.717) is 49.4 Å². The van der Waals surface area contributed by atoms with Crippen LogP contribution in [-0.2, 0) is 17.8 Å². The number of ether oxygens (including phenoxy) is 1. The molecular weight excluding hydrogens is 534 g/mol. The molecule has 0 radical (unpaired) electrons. The second-order valence-electron chi connectivity index (χ2n) is 10.6. The quantitative estimate of drug-likeness (QED) is 0.378. The number of halogens is 1. The smallest absolute Gasteiger partial charge is 0.339 e. The van der Waals surface area contributed by atoms with Crippen LogP contribution in [0, 0.1) is 19.8 Å². The summed E-state index contributed by atoms with van der Waals surface area (Å²) in [6.45, 7) is 5.42. The lowest BCUT2D eigenvalue weighted by Gasteiger charge is -2.47. The van der Waals surface area contributed by atoms with Crippen molar-refractivity contribution in [1.82, 2.24) is 4.90 Å². The van der Waals surface area contributed by atoms with Gasteiger partial charge < -0.3 is 19.2 Å². The van der Waals surface area contributed by atoms with Gasteiger partial charge in [-0.1, -0.05) is 40.9 Å². The molecule has 1 amide bonds. The van der Waals surface area contributed by atoms with Crippen molar-refractivity contribution in [1.29, 1.82) is 0 Å². The van der Waals surface area contributed by atoms with E-state index in [0.717, 1.165) is 52.2 Å². The van der Waals surface area contributed by atoms with Gasteiger partial charge in [-0.25, -0.2) is 4.79 Å². The molecule has 5 rings (SSSR count). The van der Waals surface area contributed by atoms with E-state index < -0.39 is 11.2 Å². The molecule has 3 aromatic rings. The van der Waals surface area contributed by atoms with E-state index >= 15 is 0 Å². The molecule has 7 heteroatoms. The number of nitrogens with zero attached hydrogens (tertiary/aromatic N) is 1. The number of fused-ring (bicyclic) bond motifs is 2. The highest BCUT2D eigenvalue weighted by atomic mass is 79.9. The van der Waals surface area contributed by atoms with Crippen LogP contribution in [0.5, 0.6) is 5.75 Å². The largest absolute Gasteiger partial charge is 0.488 e. The van der Waals surface area contributed by atoms with Crippen molar-refractivity contribution in [2.75, 3.05) is 13.1 Å². The maximum absolute atomic E-state index is 13.0. The number of aliphatic hydroxyl groups is 1. The van der Waals surface area contributed by atoms with Gasteiger partial charge in [-0.05, 0) is 74.9 Å². The lowest BCUT2D eigenvalue weighted by Crippen LogP contribution is -2.54. The molecule has 2 heterocycles. The molecule has 0 spiro atoms. The molecule has 1 saturated carbocycles. The van der Waals surface area contributed by atoms with Crippen molar-refractivity contribution in [3.8, 4) is 5.75 Å². The Balaban J connectivity index is 1.29. The third kappa shape index (κ3) is 5.34. The highest BCUT2D eigenvalue weighted by Crippen LogP contribution is 2.40. The molecule has 2 aromatic carbocycles. The Morgan fingerprint density at radius 2 is 2.03 bits per heavy atom. The zero-order valence-corrected chi connectivity index (χ0v) is 23.1. The number of benzene rings is 2. The van der Waals surface area contributed by atoms with Gasteiger partial charge in [-0.2, -0.15) is 0 Å². The molecule has 0 unspecified atom stereocenters. The fourth-order valence-corrected chi connectivity index (χ4v) is 6.44. The third-order valence-electron chi connectivity index (χ3n) is 8.31. The maximum Gasteiger partial charge on any atom is 0.339 e. The number of rotatable bonds is 6. The Morgan fingerprint density at radius 1 is 1.19 bits per heavy atom. The van der Waals surface area contributed by atoms with Crippen LogP contribution in [0.25, 0.3) is 11.0 Å². The average Bonchev–Trinajstić information content (AvgIpc) is 2.88. The van der Waals surface area contributed by atoms with E-state index in [9.17, 15) is 14.7 Å². The molecule has 0 bridgehead atoms. The summed E-state index contributed by atoms with van der Waals surface area (Å²) in [5.74, 6) is 0.874. The monoisotopic (exact) mass is 567 g/mol. The van der Waals surface area contributed by atoms with E-state index in [2.05, 4.69) is 15.9 Å². The van der Waals surface area contributed by atoms with E-state index in [1.165, 1.54) is 0 Å². The molecule has 6 nitrogen and oxygen atoms in total. The fourth-order valence-electron chi connectivity index (χ4n) is 5.99. The van der Waals surface area contributed by atoms with Gasteiger partial charge in [0.25, 0.3) is 0 Å². The maximum atomic E-state index is 13.0. The van der Waals surface area contributed by atoms with Crippen molar-refractivity contribution in [3.63, 3.8) is 0 Å². The molecule has 1 aliphatic heterocycles. The summed E-state index contributed by atoms with van der Waals surface area (Å²) in [6.07, 6.45) is 5.24. The third-order valence-corrected chi connectivity index (χ3v) is 8.80. The molecule has 1 aromatic heterocycles. The van der Waals surface area contributed by atoms with Gasteiger partial charge in [-0.15, -0.1) is 0 Å². The number of likely N-dealkylation sites (tertiary alicyclic amines) is 1. The van der Waals surface area contributed by atoms with Crippen molar-refractivity contribution in [3.05, 3.63) is 73.5 Å². The summed E-state index contributed by atoms with van der Waals surface area (Å²) >= 11 is 3.48. The van der Waals surface area contributed by atoms with Crippen LogP contribution in [-0.4, -0.2) is 34.6 Å². The molecule has 37 heavy (non-hydrogen) atoms. The lowest BCUT2D eigenvalue weighted by molar-refractivity contribution is -0.143. The van der Waals surface area contributed by atoms with Gasteiger partial charge in [0.05, 0.1) is 5.60 Å². The number of hydrogen-bond donors (Lipinski definition) is 1. The Bertz CT molecular complexity index is 1380. The minimum absolute atomic E-state index is 0.0407. The van der Waals surface area contributed by atoms with Gasteiger partial charge >= 0.3 is 5.63 Å². The van der Waals surface area contributed by atoms with Gasteiger partial charge in [0.1, 0.15) is 17.9 Å². The standard InChI is InChI=1S/C30H34BrNO5/c1-19-24-9-11-26(36-18-21-6-5-8-23(31)16-21)20(2)28(24)37-29(34)25(19)10-12-27(33)32-15-14-30(35)13-4-3-7-22(30)17-32/h5-6,8-9,11,16,22,35H,3-4,7,10,12-15,17-18H2,1-2H3/t22-,30+/m1/s1. The molecule has 2 fully saturated rings. The predicted octanol–water partition coefficient (Wildman–Crippen LogP) is 5.84. The second kappa shape index (κ2) is 10.6. The van der Waals surface area contributed by atoms with Crippen LogP contribution in [0.2, 0.25) is 0 Å². The summed E-state index contributed by atoms with van der Waals surface area (Å²) in [4.78, 5) is 27.9. The highest BCUT2D eigenvalue weighted by molar-refractivity contribution is 9.10.